The largest absolute Gasteiger partial charge is 0.490 e. The Morgan fingerprint density at radius 3 is 2.56 bits per heavy atom. The Balaban J connectivity index is 2.55. The van der Waals surface area contributed by atoms with Gasteiger partial charge < -0.3 is 10.1 Å². The van der Waals surface area contributed by atoms with Crippen molar-refractivity contribution in [1.29, 1.82) is 0 Å². The highest BCUT2D eigenvalue weighted by molar-refractivity contribution is 5.24. The van der Waals surface area contributed by atoms with Gasteiger partial charge in [-0.3, -0.25) is 0 Å². The van der Waals surface area contributed by atoms with Crippen molar-refractivity contribution in [2.45, 2.75) is 33.7 Å². The molecule has 1 aromatic carbocycles. The SMILES string of the molecule is CC(C)NCC(C)(C)COc1cc(F)ccc1F. The van der Waals surface area contributed by atoms with Gasteiger partial charge in [0.25, 0.3) is 0 Å². The molecule has 0 spiro atoms. The Kier molecular flexibility index (Phi) is 5.08. The highest BCUT2D eigenvalue weighted by atomic mass is 19.1. The van der Waals surface area contributed by atoms with Gasteiger partial charge in [-0.15, -0.1) is 0 Å². The molecule has 2 nitrogen and oxygen atoms in total. The maximum atomic E-state index is 13.4. The van der Waals surface area contributed by atoms with Crippen molar-refractivity contribution >= 4 is 0 Å². The Labute approximate surface area is 107 Å². The van der Waals surface area contributed by atoms with Crippen LogP contribution in [0.3, 0.4) is 0 Å². The predicted octanol–water partition coefficient (Wildman–Crippen LogP) is 3.37. The molecular formula is C14H21F2NO. The molecule has 18 heavy (non-hydrogen) atoms. The van der Waals surface area contributed by atoms with E-state index in [1.165, 1.54) is 0 Å². The molecule has 0 aliphatic rings. The summed E-state index contributed by atoms with van der Waals surface area (Å²) in [7, 11) is 0. The maximum Gasteiger partial charge on any atom is 0.165 e. The van der Waals surface area contributed by atoms with Gasteiger partial charge in [-0.1, -0.05) is 27.7 Å². The molecule has 0 bridgehead atoms. The normalized spacial score (nSPS) is 11.9. The second kappa shape index (κ2) is 6.14. The van der Waals surface area contributed by atoms with E-state index in [1.54, 1.807) is 0 Å². The van der Waals surface area contributed by atoms with E-state index < -0.39 is 11.6 Å². The van der Waals surface area contributed by atoms with Crippen LogP contribution in [0.4, 0.5) is 8.78 Å². The molecule has 0 saturated carbocycles. The van der Waals surface area contributed by atoms with Crippen LogP contribution in [0.2, 0.25) is 0 Å². The van der Waals surface area contributed by atoms with Crippen molar-refractivity contribution in [3.63, 3.8) is 0 Å². The number of nitrogens with one attached hydrogen (secondary N) is 1. The fourth-order valence-corrected chi connectivity index (χ4v) is 1.39. The molecular weight excluding hydrogens is 236 g/mol. The lowest BCUT2D eigenvalue weighted by Gasteiger charge is -2.26. The zero-order chi connectivity index (χ0) is 13.8. The maximum absolute atomic E-state index is 13.4. The molecule has 0 aliphatic heterocycles. The second-order valence-electron chi connectivity index (χ2n) is 5.56. The minimum atomic E-state index is -0.538. The summed E-state index contributed by atoms with van der Waals surface area (Å²) in [5.41, 5.74) is -0.150. The molecule has 102 valence electrons. The second-order valence-corrected chi connectivity index (χ2v) is 5.56. The Morgan fingerprint density at radius 1 is 1.28 bits per heavy atom. The highest BCUT2D eigenvalue weighted by Gasteiger charge is 2.20. The summed E-state index contributed by atoms with van der Waals surface area (Å²) in [5.74, 6) is -1.07. The van der Waals surface area contributed by atoms with Gasteiger partial charge in [0.2, 0.25) is 0 Å². The van der Waals surface area contributed by atoms with Crippen molar-refractivity contribution in [3.05, 3.63) is 29.8 Å². The molecule has 0 saturated heterocycles. The van der Waals surface area contributed by atoms with Crippen molar-refractivity contribution in [3.8, 4) is 5.75 Å². The van der Waals surface area contributed by atoms with E-state index >= 15 is 0 Å². The molecule has 0 radical (unpaired) electrons. The number of benzene rings is 1. The zero-order valence-electron chi connectivity index (χ0n) is 11.4. The predicted molar refractivity (Wildman–Crippen MR) is 68.8 cm³/mol. The first-order valence-electron chi connectivity index (χ1n) is 6.11. The molecule has 1 N–H and O–H groups in total. The summed E-state index contributed by atoms with van der Waals surface area (Å²) in [6.07, 6.45) is 0. The van der Waals surface area contributed by atoms with Gasteiger partial charge >= 0.3 is 0 Å². The van der Waals surface area contributed by atoms with E-state index in [0.29, 0.717) is 12.6 Å². The smallest absolute Gasteiger partial charge is 0.165 e. The van der Waals surface area contributed by atoms with Gasteiger partial charge in [0, 0.05) is 24.1 Å². The number of hydrogen-bond donors (Lipinski definition) is 1. The van der Waals surface area contributed by atoms with E-state index in [-0.39, 0.29) is 11.2 Å². The van der Waals surface area contributed by atoms with E-state index in [2.05, 4.69) is 19.2 Å². The quantitative estimate of drug-likeness (QED) is 0.843. The summed E-state index contributed by atoms with van der Waals surface area (Å²) in [6.45, 7) is 9.22. The lowest BCUT2D eigenvalue weighted by Crippen LogP contribution is -2.37. The molecule has 0 aromatic heterocycles. The summed E-state index contributed by atoms with van der Waals surface area (Å²) in [4.78, 5) is 0. The van der Waals surface area contributed by atoms with Crippen molar-refractivity contribution in [2.75, 3.05) is 13.2 Å². The van der Waals surface area contributed by atoms with E-state index in [9.17, 15) is 8.78 Å². The van der Waals surface area contributed by atoms with Crippen LogP contribution in [-0.4, -0.2) is 19.2 Å². The average molecular weight is 257 g/mol. The van der Waals surface area contributed by atoms with Crippen LogP contribution in [0.5, 0.6) is 5.75 Å². The molecule has 4 heteroatoms. The van der Waals surface area contributed by atoms with Crippen LogP contribution in [0.1, 0.15) is 27.7 Å². The number of ether oxygens (including phenoxy) is 1. The van der Waals surface area contributed by atoms with E-state index in [4.69, 9.17) is 4.74 Å². The molecule has 0 unspecified atom stereocenters. The number of rotatable bonds is 6. The van der Waals surface area contributed by atoms with Crippen LogP contribution in [0.15, 0.2) is 18.2 Å². The summed E-state index contributed by atoms with van der Waals surface area (Å²) in [6, 6.07) is 3.61. The fourth-order valence-electron chi connectivity index (χ4n) is 1.39. The minimum absolute atomic E-state index is 0.0346. The first-order chi connectivity index (χ1) is 8.30. The monoisotopic (exact) mass is 257 g/mol. The standard InChI is InChI=1S/C14H21F2NO/c1-10(2)17-8-14(3,4)9-18-13-7-11(15)5-6-12(13)16/h5-7,10,17H,8-9H2,1-4H3. The number of halogens is 2. The molecule has 1 aromatic rings. The Hall–Kier alpha value is -1.16. The third-order valence-electron chi connectivity index (χ3n) is 2.50. The molecule has 0 amide bonds. The van der Waals surface area contributed by atoms with Crippen LogP contribution in [0, 0.1) is 17.0 Å². The van der Waals surface area contributed by atoms with Crippen LogP contribution >= 0.6 is 0 Å². The van der Waals surface area contributed by atoms with Gasteiger partial charge in [-0.05, 0) is 12.1 Å². The van der Waals surface area contributed by atoms with E-state index in [1.807, 2.05) is 13.8 Å². The van der Waals surface area contributed by atoms with Crippen molar-refractivity contribution < 1.29 is 13.5 Å². The fraction of sp³-hybridized carbons (Fsp3) is 0.571. The third-order valence-corrected chi connectivity index (χ3v) is 2.50. The van der Waals surface area contributed by atoms with Gasteiger partial charge in [-0.25, -0.2) is 8.78 Å². The minimum Gasteiger partial charge on any atom is -0.490 e. The van der Waals surface area contributed by atoms with Gasteiger partial charge in [-0.2, -0.15) is 0 Å². The Morgan fingerprint density at radius 2 is 1.94 bits per heavy atom. The first kappa shape index (κ1) is 14.9. The highest BCUT2D eigenvalue weighted by Crippen LogP contribution is 2.22. The summed E-state index contributed by atoms with van der Waals surface area (Å²) >= 11 is 0. The van der Waals surface area contributed by atoms with E-state index in [0.717, 1.165) is 24.7 Å². The van der Waals surface area contributed by atoms with Crippen LogP contribution in [-0.2, 0) is 0 Å². The average Bonchev–Trinajstić information content (AvgIpc) is 2.28. The lowest BCUT2D eigenvalue weighted by atomic mass is 9.94. The molecule has 0 aliphatic carbocycles. The van der Waals surface area contributed by atoms with Crippen molar-refractivity contribution in [2.24, 2.45) is 5.41 Å². The third kappa shape index (κ3) is 5.00. The topological polar surface area (TPSA) is 21.3 Å². The molecule has 0 heterocycles. The summed E-state index contributed by atoms with van der Waals surface area (Å²) in [5, 5.41) is 3.30. The summed E-state index contributed by atoms with van der Waals surface area (Å²) < 4.78 is 31.7. The van der Waals surface area contributed by atoms with Gasteiger partial charge in [0.15, 0.2) is 11.6 Å². The zero-order valence-corrected chi connectivity index (χ0v) is 11.4. The molecule has 1 rings (SSSR count). The molecule has 0 atom stereocenters. The lowest BCUT2D eigenvalue weighted by molar-refractivity contribution is 0.167. The number of hydrogen-bond acceptors (Lipinski definition) is 2. The van der Waals surface area contributed by atoms with Crippen LogP contribution < -0.4 is 10.1 Å². The van der Waals surface area contributed by atoms with Gasteiger partial charge in [0.1, 0.15) is 5.82 Å². The van der Waals surface area contributed by atoms with Crippen molar-refractivity contribution in [1.82, 2.24) is 5.32 Å². The molecule has 0 fully saturated rings. The van der Waals surface area contributed by atoms with Crippen LogP contribution in [0.25, 0.3) is 0 Å². The van der Waals surface area contributed by atoms with Gasteiger partial charge in [0.05, 0.1) is 6.61 Å². The first-order valence-corrected chi connectivity index (χ1v) is 6.11. The Bertz CT molecular complexity index is 391.